The summed E-state index contributed by atoms with van der Waals surface area (Å²) in [5.41, 5.74) is 7.22. The van der Waals surface area contributed by atoms with Gasteiger partial charge in [-0.1, -0.05) is 0 Å². The van der Waals surface area contributed by atoms with Gasteiger partial charge in [-0.2, -0.15) is 5.10 Å². The maximum atomic E-state index is 5.53. The fourth-order valence-corrected chi connectivity index (χ4v) is 1.13. The average molecular weight is 175 g/mol. The Kier molecular flexibility index (Phi) is 2.01. The van der Waals surface area contributed by atoms with E-state index in [4.69, 9.17) is 5.73 Å². The van der Waals surface area contributed by atoms with Crippen LogP contribution in [0.5, 0.6) is 0 Å². The lowest BCUT2D eigenvalue weighted by Crippen LogP contribution is -2.06. The first kappa shape index (κ1) is 7.88. The Morgan fingerprint density at radius 2 is 2.38 bits per heavy atom. The molecule has 0 unspecified atom stereocenters. The van der Waals surface area contributed by atoms with Crippen LogP contribution in [0.15, 0.2) is 31.0 Å². The van der Waals surface area contributed by atoms with Crippen LogP contribution in [0.2, 0.25) is 0 Å². The molecule has 0 spiro atoms. The van der Waals surface area contributed by atoms with Gasteiger partial charge in [-0.05, 0) is 12.1 Å². The van der Waals surface area contributed by atoms with Crippen molar-refractivity contribution >= 4 is 0 Å². The molecule has 2 heterocycles. The molecule has 5 heteroatoms. The summed E-state index contributed by atoms with van der Waals surface area (Å²) in [4.78, 5) is 8.00. The third-order valence-corrected chi connectivity index (χ3v) is 1.73. The van der Waals surface area contributed by atoms with Crippen molar-refractivity contribution in [1.82, 2.24) is 19.7 Å². The normalized spacial score (nSPS) is 10.2. The molecule has 0 aliphatic rings. The molecular formula is C8H9N5. The highest BCUT2D eigenvalue weighted by Crippen LogP contribution is 2.08. The highest BCUT2D eigenvalue weighted by atomic mass is 15.3. The second-order valence-corrected chi connectivity index (χ2v) is 2.51. The topological polar surface area (TPSA) is 69.6 Å². The molecule has 2 N–H and O–H groups in total. The predicted molar refractivity (Wildman–Crippen MR) is 47.0 cm³/mol. The van der Waals surface area contributed by atoms with Gasteiger partial charge in [0.25, 0.3) is 0 Å². The van der Waals surface area contributed by atoms with Gasteiger partial charge < -0.3 is 5.73 Å². The van der Waals surface area contributed by atoms with Crippen molar-refractivity contribution in [3.8, 4) is 5.69 Å². The minimum absolute atomic E-state index is 0.399. The molecule has 0 bridgehead atoms. The fourth-order valence-electron chi connectivity index (χ4n) is 1.13. The van der Waals surface area contributed by atoms with Crippen molar-refractivity contribution in [3.63, 3.8) is 0 Å². The Labute approximate surface area is 75.2 Å². The Hall–Kier alpha value is -1.75. The second-order valence-electron chi connectivity index (χ2n) is 2.51. The van der Waals surface area contributed by atoms with E-state index in [1.165, 1.54) is 6.33 Å². The largest absolute Gasteiger partial charge is 0.325 e. The molecule has 0 radical (unpaired) electrons. The molecule has 13 heavy (non-hydrogen) atoms. The number of rotatable bonds is 2. The van der Waals surface area contributed by atoms with Gasteiger partial charge in [0.2, 0.25) is 0 Å². The SMILES string of the molecule is NCc1ncccc1-n1cncn1. The van der Waals surface area contributed by atoms with Crippen LogP contribution >= 0.6 is 0 Å². The molecule has 66 valence electrons. The Bertz CT molecular complexity index is 381. The predicted octanol–water partition coefficient (Wildman–Crippen LogP) is 0.121. The highest BCUT2D eigenvalue weighted by Gasteiger charge is 2.02. The lowest BCUT2D eigenvalue weighted by molar-refractivity contribution is 0.838. The van der Waals surface area contributed by atoms with Crippen molar-refractivity contribution in [1.29, 1.82) is 0 Å². The van der Waals surface area contributed by atoms with E-state index in [1.54, 1.807) is 17.2 Å². The smallest absolute Gasteiger partial charge is 0.138 e. The summed E-state index contributed by atoms with van der Waals surface area (Å²) in [5, 5.41) is 4.01. The van der Waals surface area contributed by atoms with E-state index in [0.29, 0.717) is 6.54 Å². The van der Waals surface area contributed by atoms with E-state index in [0.717, 1.165) is 11.4 Å². The van der Waals surface area contributed by atoms with E-state index in [2.05, 4.69) is 15.1 Å². The van der Waals surface area contributed by atoms with Gasteiger partial charge in [0, 0.05) is 12.7 Å². The van der Waals surface area contributed by atoms with Crippen LogP contribution in [-0.4, -0.2) is 19.7 Å². The van der Waals surface area contributed by atoms with Crippen molar-refractivity contribution in [2.24, 2.45) is 5.73 Å². The lowest BCUT2D eigenvalue weighted by atomic mass is 10.3. The van der Waals surface area contributed by atoms with E-state index in [9.17, 15) is 0 Å². The zero-order valence-electron chi connectivity index (χ0n) is 6.96. The third kappa shape index (κ3) is 1.41. The van der Waals surface area contributed by atoms with Crippen molar-refractivity contribution in [2.45, 2.75) is 6.54 Å². The molecule has 0 amide bonds. The van der Waals surface area contributed by atoms with Gasteiger partial charge in [0.15, 0.2) is 0 Å². The molecule has 0 atom stereocenters. The zero-order valence-corrected chi connectivity index (χ0v) is 6.96. The van der Waals surface area contributed by atoms with Crippen LogP contribution in [-0.2, 0) is 6.54 Å². The summed E-state index contributed by atoms with van der Waals surface area (Å²) in [5.74, 6) is 0. The van der Waals surface area contributed by atoms with Crippen molar-refractivity contribution in [3.05, 3.63) is 36.7 Å². The maximum absolute atomic E-state index is 5.53. The van der Waals surface area contributed by atoms with Gasteiger partial charge >= 0.3 is 0 Å². The van der Waals surface area contributed by atoms with Gasteiger partial charge in [-0.15, -0.1) is 0 Å². The third-order valence-electron chi connectivity index (χ3n) is 1.73. The summed E-state index contributed by atoms with van der Waals surface area (Å²) < 4.78 is 1.65. The van der Waals surface area contributed by atoms with E-state index < -0.39 is 0 Å². The summed E-state index contributed by atoms with van der Waals surface area (Å²) in [6.07, 6.45) is 4.81. The summed E-state index contributed by atoms with van der Waals surface area (Å²) >= 11 is 0. The zero-order chi connectivity index (χ0) is 9.10. The van der Waals surface area contributed by atoms with Gasteiger partial charge in [0.05, 0.1) is 11.4 Å². The number of aromatic nitrogens is 4. The van der Waals surface area contributed by atoms with Crippen molar-refractivity contribution in [2.75, 3.05) is 0 Å². The summed E-state index contributed by atoms with van der Waals surface area (Å²) in [6, 6.07) is 3.75. The van der Waals surface area contributed by atoms with E-state index >= 15 is 0 Å². The van der Waals surface area contributed by atoms with Crippen molar-refractivity contribution < 1.29 is 0 Å². The molecule has 2 rings (SSSR count). The van der Waals surface area contributed by atoms with Crippen LogP contribution in [0.25, 0.3) is 5.69 Å². The van der Waals surface area contributed by atoms with Crippen LogP contribution < -0.4 is 5.73 Å². The first-order valence-electron chi connectivity index (χ1n) is 3.91. The summed E-state index contributed by atoms with van der Waals surface area (Å²) in [7, 11) is 0. The highest BCUT2D eigenvalue weighted by molar-refractivity contribution is 5.34. The first-order valence-corrected chi connectivity index (χ1v) is 3.91. The summed E-state index contributed by atoms with van der Waals surface area (Å²) in [6.45, 7) is 0.399. The van der Waals surface area contributed by atoms with Crippen LogP contribution in [0, 0.1) is 0 Å². The molecule has 2 aromatic rings. The molecule has 0 aliphatic carbocycles. The minimum atomic E-state index is 0.399. The quantitative estimate of drug-likeness (QED) is 0.703. The second kappa shape index (κ2) is 3.32. The number of nitrogens with zero attached hydrogens (tertiary/aromatic N) is 4. The lowest BCUT2D eigenvalue weighted by Gasteiger charge is -2.04. The molecule has 0 saturated carbocycles. The molecule has 2 aromatic heterocycles. The Morgan fingerprint density at radius 3 is 3.08 bits per heavy atom. The molecule has 0 saturated heterocycles. The molecule has 0 aliphatic heterocycles. The monoisotopic (exact) mass is 175 g/mol. The Morgan fingerprint density at radius 1 is 1.46 bits per heavy atom. The average Bonchev–Trinajstić information content (AvgIpc) is 2.70. The van der Waals surface area contributed by atoms with E-state index in [1.807, 2.05) is 12.1 Å². The van der Waals surface area contributed by atoms with Crippen LogP contribution in [0.1, 0.15) is 5.69 Å². The Balaban J connectivity index is 2.51. The van der Waals surface area contributed by atoms with Gasteiger partial charge in [-0.25, -0.2) is 9.67 Å². The number of nitrogens with two attached hydrogens (primary N) is 1. The van der Waals surface area contributed by atoms with Gasteiger partial charge in [-0.3, -0.25) is 4.98 Å². The number of pyridine rings is 1. The number of hydrogen-bond acceptors (Lipinski definition) is 4. The fraction of sp³-hybridized carbons (Fsp3) is 0.125. The molecule has 0 aromatic carbocycles. The molecule has 0 fully saturated rings. The van der Waals surface area contributed by atoms with Crippen LogP contribution in [0.4, 0.5) is 0 Å². The number of hydrogen-bond donors (Lipinski definition) is 1. The maximum Gasteiger partial charge on any atom is 0.138 e. The van der Waals surface area contributed by atoms with Crippen LogP contribution in [0.3, 0.4) is 0 Å². The van der Waals surface area contributed by atoms with E-state index in [-0.39, 0.29) is 0 Å². The van der Waals surface area contributed by atoms with Gasteiger partial charge in [0.1, 0.15) is 12.7 Å². The minimum Gasteiger partial charge on any atom is -0.325 e. The standard InChI is InChI=1S/C8H9N5/c9-4-7-8(2-1-3-11-7)13-6-10-5-12-13/h1-3,5-6H,4,9H2. The molecule has 5 nitrogen and oxygen atoms in total. The first-order chi connectivity index (χ1) is 6.42. The molecular weight excluding hydrogens is 166 g/mol.